The van der Waals surface area contributed by atoms with Gasteiger partial charge in [-0.25, -0.2) is 4.39 Å². The smallest absolute Gasteiger partial charge is 0.129 e. The highest BCUT2D eigenvalue weighted by atomic mass is 19.1. The van der Waals surface area contributed by atoms with E-state index in [2.05, 4.69) is 0 Å². The van der Waals surface area contributed by atoms with E-state index in [-0.39, 0.29) is 11.7 Å². The van der Waals surface area contributed by atoms with Gasteiger partial charge in [0.25, 0.3) is 0 Å². The number of rotatable bonds is 1. The summed E-state index contributed by atoms with van der Waals surface area (Å²) in [4.78, 5) is 2.02. The molecular weight excluding hydrogens is 193 g/mol. The minimum Gasteiger partial charge on any atom is -0.383 e. The molecule has 0 saturated carbocycles. The van der Waals surface area contributed by atoms with Crippen molar-refractivity contribution in [3.05, 3.63) is 35.6 Å². The summed E-state index contributed by atoms with van der Waals surface area (Å²) in [6.45, 7) is 3.25. The minimum absolute atomic E-state index is 0.0550. The first-order valence-electron chi connectivity index (χ1n) is 5.20. The molecule has 2 atom stereocenters. The highest BCUT2D eigenvalue weighted by Crippen LogP contribution is 2.36. The molecule has 1 aliphatic heterocycles. The Morgan fingerprint density at radius 3 is 2.67 bits per heavy atom. The van der Waals surface area contributed by atoms with Gasteiger partial charge in [-0.15, -0.1) is 0 Å². The fourth-order valence-electron chi connectivity index (χ4n) is 2.41. The van der Waals surface area contributed by atoms with Gasteiger partial charge < -0.3 is 10.0 Å². The summed E-state index contributed by atoms with van der Waals surface area (Å²) in [5.41, 5.74) is -0.623. The molecule has 1 saturated heterocycles. The van der Waals surface area contributed by atoms with Crippen molar-refractivity contribution in [1.29, 1.82) is 0 Å². The van der Waals surface area contributed by atoms with E-state index in [1.54, 1.807) is 18.2 Å². The highest BCUT2D eigenvalue weighted by molar-refractivity contribution is 5.27. The number of likely N-dealkylation sites (tertiary alicyclic amines) is 1. The molecule has 0 aromatic heterocycles. The molecule has 0 unspecified atom stereocenters. The van der Waals surface area contributed by atoms with E-state index in [0.717, 1.165) is 6.54 Å². The third kappa shape index (κ3) is 1.66. The predicted octanol–water partition coefficient (Wildman–Crippen LogP) is 1.59. The van der Waals surface area contributed by atoms with Gasteiger partial charge in [0.2, 0.25) is 0 Å². The fraction of sp³-hybridized carbons (Fsp3) is 0.500. The van der Waals surface area contributed by atoms with E-state index >= 15 is 0 Å². The number of halogens is 1. The van der Waals surface area contributed by atoms with Crippen molar-refractivity contribution in [2.75, 3.05) is 20.1 Å². The van der Waals surface area contributed by atoms with Crippen molar-refractivity contribution < 1.29 is 9.50 Å². The molecule has 15 heavy (non-hydrogen) atoms. The summed E-state index contributed by atoms with van der Waals surface area (Å²) in [6.07, 6.45) is 0. The van der Waals surface area contributed by atoms with E-state index in [1.807, 2.05) is 18.9 Å². The summed E-state index contributed by atoms with van der Waals surface area (Å²) >= 11 is 0. The molecule has 0 spiro atoms. The first kappa shape index (κ1) is 10.6. The molecule has 3 heteroatoms. The van der Waals surface area contributed by atoms with Crippen molar-refractivity contribution in [1.82, 2.24) is 4.90 Å². The molecule has 0 radical (unpaired) electrons. The van der Waals surface area contributed by atoms with Crippen LogP contribution < -0.4 is 0 Å². The lowest BCUT2D eigenvalue weighted by Gasteiger charge is -2.27. The van der Waals surface area contributed by atoms with E-state index in [0.29, 0.717) is 12.1 Å². The van der Waals surface area contributed by atoms with Gasteiger partial charge in [-0.1, -0.05) is 25.1 Å². The largest absolute Gasteiger partial charge is 0.383 e. The summed E-state index contributed by atoms with van der Waals surface area (Å²) in [5.74, 6) is -0.262. The van der Waals surface area contributed by atoms with Crippen LogP contribution in [0.1, 0.15) is 12.5 Å². The molecule has 2 rings (SSSR count). The van der Waals surface area contributed by atoms with Crippen molar-refractivity contribution in [2.24, 2.45) is 5.92 Å². The average molecular weight is 209 g/mol. The SMILES string of the molecule is C[C@H]1CN(C)C[C@]1(O)c1ccccc1F. The second kappa shape index (κ2) is 3.58. The summed E-state index contributed by atoms with van der Waals surface area (Å²) in [7, 11) is 1.94. The van der Waals surface area contributed by atoms with Gasteiger partial charge in [0.1, 0.15) is 11.4 Å². The number of aliphatic hydroxyl groups is 1. The number of hydrogen-bond donors (Lipinski definition) is 1. The lowest BCUT2D eigenvalue weighted by Crippen LogP contribution is -2.34. The average Bonchev–Trinajstić information content (AvgIpc) is 2.42. The Hall–Kier alpha value is -0.930. The van der Waals surface area contributed by atoms with Gasteiger partial charge in [-0.3, -0.25) is 0 Å². The molecule has 1 aliphatic rings. The molecule has 1 heterocycles. The van der Waals surface area contributed by atoms with E-state index in [1.165, 1.54) is 6.07 Å². The molecule has 2 nitrogen and oxygen atoms in total. The summed E-state index contributed by atoms with van der Waals surface area (Å²) in [6, 6.07) is 6.48. The Morgan fingerprint density at radius 1 is 1.47 bits per heavy atom. The van der Waals surface area contributed by atoms with Gasteiger partial charge in [-0.05, 0) is 13.1 Å². The molecule has 0 aliphatic carbocycles. The van der Waals surface area contributed by atoms with Crippen LogP contribution in [0.15, 0.2) is 24.3 Å². The van der Waals surface area contributed by atoms with E-state index < -0.39 is 5.60 Å². The Bertz CT molecular complexity index is 368. The van der Waals surface area contributed by atoms with Crippen LogP contribution >= 0.6 is 0 Å². The Morgan fingerprint density at radius 2 is 2.13 bits per heavy atom. The standard InChI is InChI=1S/C12H16FNO/c1-9-7-14(2)8-12(9,15)10-5-3-4-6-11(10)13/h3-6,9,15H,7-8H2,1-2H3/t9-,12+/m0/s1. The zero-order chi connectivity index (χ0) is 11.1. The van der Waals surface area contributed by atoms with Crippen LogP contribution in [0.2, 0.25) is 0 Å². The molecular formula is C12H16FNO. The number of hydrogen-bond acceptors (Lipinski definition) is 2. The van der Waals surface area contributed by atoms with Crippen molar-refractivity contribution >= 4 is 0 Å². The van der Waals surface area contributed by atoms with Gasteiger partial charge >= 0.3 is 0 Å². The van der Waals surface area contributed by atoms with Gasteiger partial charge in [0.15, 0.2) is 0 Å². The molecule has 1 N–H and O–H groups in total. The van der Waals surface area contributed by atoms with Gasteiger partial charge in [0.05, 0.1) is 0 Å². The zero-order valence-electron chi connectivity index (χ0n) is 9.07. The fourth-order valence-corrected chi connectivity index (χ4v) is 2.41. The van der Waals surface area contributed by atoms with Crippen LogP contribution in [0.4, 0.5) is 4.39 Å². The first-order valence-corrected chi connectivity index (χ1v) is 5.20. The van der Waals surface area contributed by atoms with Crippen LogP contribution in [0.25, 0.3) is 0 Å². The maximum absolute atomic E-state index is 13.6. The topological polar surface area (TPSA) is 23.5 Å². The van der Waals surface area contributed by atoms with Crippen LogP contribution in [0.5, 0.6) is 0 Å². The normalized spacial score (nSPS) is 32.1. The van der Waals surface area contributed by atoms with E-state index in [4.69, 9.17) is 0 Å². The molecule has 1 fully saturated rings. The molecule has 1 aromatic rings. The van der Waals surface area contributed by atoms with Gasteiger partial charge in [0, 0.05) is 24.6 Å². The van der Waals surface area contributed by atoms with Gasteiger partial charge in [-0.2, -0.15) is 0 Å². The van der Waals surface area contributed by atoms with Crippen molar-refractivity contribution in [3.8, 4) is 0 Å². The lowest BCUT2D eigenvalue weighted by molar-refractivity contribution is 0.0113. The van der Waals surface area contributed by atoms with E-state index in [9.17, 15) is 9.50 Å². The predicted molar refractivity (Wildman–Crippen MR) is 57.0 cm³/mol. The Labute approximate surface area is 89.3 Å². The lowest BCUT2D eigenvalue weighted by atomic mass is 9.85. The maximum atomic E-state index is 13.6. The second-order valence-electron chi connectivity index (χ2n) is 4.50. The van der Waals surface area contributed by atoms with Crippen LogP contribution in [-0.2, 0) is 5.60 Å². The first-order chi connectivity index (χ1) is 7.04. The summed E-state index contributed by atoms with van der Waals surface area (Å²) in [5, 5.41) is 10.5. The summed E-state index contributed by atoms with van der Waals surface area (Å²) < 4.78 is 13.6. The van der Waals surface area contributed by atoms with Crippen molar-refractivity contribution in [3.63, 3.8) is 0 Å². The Balaban J connectivity index is 2.42. The molecule has 82 valence electrons. The molecule has 1 aromatic carbocycles. The second-order valence-corrected chi connectivity index (χ2v) is 4.50. The number of benzene rings is 1. The number of likely N-dealkylation sites (N-methyl/N-ethyl adjacent to an activating group) is 1. The monoisotopic (exact) mass is 209 g/mol. The third-order valence-corrected chi connectivity index (χ3v) is 3.25. The number of β-amino-alcohol motifs (C(OH)–C–C–N with tert-alkyl or cyclic N) is 1. The highest BCUT2D eigenvalue weighted by Gasteiger charge is 2.43. The zero-order valence-corrected chi connectivity index (χ0v) is 9.07. The van der Waals surface area contributed by atoms with Crippen LogP contribution in [0, 0.1) is 11.7 Å². The Kier molecular flexibility index (Phi) is 2.52. The molecule has 0 bridgehead atoms. The molecule has 0 amide bonds. The minimum atomic E-state index is -1.04. The maximum Gasteiger partial charge on any atom is 0.129 e. The third-order valence-electron chi connectivity index (χ3n) is 3.25. The van der Waals surface area contributed by atoms with Crippen LogP contribution in [-0.4, -0.2) is 30.1 Å². The van der Waals surface area contributed by atoms with Crippen molar-refractivity contribution in [2.45, 2.75) is 12.5 Å². The number of nitrogens with zero attached hydrogens (tertiary/aromatic N) is 1. The quantitative estimate of drug-likeness (QED) is 0.759. The van der Waals surface area contributed by atoms with Crippen LogP contribution in [0.3, 0.4) is 0 Å².